The highest BCUT2D eigenvalue weighted by atomic mass is 32.2. The summed E-state index contributed by atoms with van der Waals surface area (Å²) in [7, 11) is -1.74. The molecule has 2 aromatic rings. The molecule has 1 amide bonds. The van der Waals surface area contributed by atoms with E-state index in [1.54, 1.807) is 20.0 Å². The fraction of sp³-hybridized carbons (Fsp3) is 0.231. The molecule has 0 aliphatic rings. The van der Waals surface area contributed by atoms with Crippen LogP contribution < -0.4 is 11.1 Å². The first kappa shape index (κ1) is 15.0. The quantitative estimate of drug-likeness (QED) is 0.821. The second-order valence-corrected chi connectivity index (χ2v) is 6.83. The zero-order valence-corrected chi connectivity index (χ0v) is 12.7. The predicted molar refractivity (Wildman–Crippen MR) is 79.9 cm³/mol. The molecule has 0 spiro atoms. The van der Waals surface area contributed by atoms with E-state index in [1.165, 1.54) is 22.9 Å². The summed E-state index contributed by atoms with van der Waals surface area (Å²) in [5.41, 5.74) is 6.81. The molecular weight excluding hydrogens is 292 g/mol. The number of hydrogen-bond donors (Lipinski definition) is 2. The number of aryl methyl sites for hydroxylation is 2. The number of nitrogens with zero attached hydrogens (tertiary/aromatic N) is 2. The number of nitrogens with one attached hydrogen (secondary N) is 1. The maximum Gasteiger partial charge on any atom is 0.256 e. The molecule has 1 aromatic carbocycles. The highest BCUT2D eigenvalue weighted by molar-refractivity contribution is 7.90. The van der Waals surface area contributed by atoms with E-state index in [0.29, 0.717) is 5.82 Å². The van der Waals surface area contributed by atoms with Crippen molar-refractivity contribution < 1.29 is 13.2 Å². The molecule has 0 aliphatic carbocycles. The van der Waals surface area contributed by atoms with Gasteiger partial charge in [-0.15, -0.1) is 0 Å². The molecule has 0 radical (unpaired) electrons. The Kier molecular flexibility index (Phi) is 3.73. The van der Waals surface area contributed by atoms with E-state index in [4.69, 9.17) is 5.73 Å². The van der Waals surface area contributed by atoms with Gasteiger partial charge in [-0.25, -0.2) is 8.42 Å². The number of carbonyl (C=O) groups is 1. The van der Waals surface area contributed by atoms with E-state index in [9.17, 15) is 13.2 Å². The third-order valence-electron chi connectivity index (χ3n) is 2.86. The maximum absolute atomic E-state index is 12.2. The Morgan fingerprint density at radius 2 is 1.95 bits per heavy atom. The Morgan fingerprint density at radius 1 is 1.29 bits per heavy atom. The molecule has 0 bridgehead atoms. The Bertz CT molecular complexity index is 809. The lowest BCUT2D eigenvalue weighted by atomic mass is 10.2. The van der Waals surface area contributed by atoms with Gasteiger partial charge in [-0.05, 0) is 25.1 Å². The average molecular weight is 308 g/mol. The summed E-state index contributed by atoms with van der Waals surface area (Å²) >= 11 is 0. The lowest BCUT2D eigenvalue weighted by molar-refractivity contribution is 0.102. The van der Waals surface area contributed by atoms with Crippen LogP contribution in [0.5, 0.6) is 0 Å². The smallest absolute Gasteiger partial charge is 0.256 e. The molecule has 0 fully saturated rings. The van der Waals surface area contributed by atoms with Crippen molar-refractivity contribution in [2.45, 2.75) is 11.8 Å². The first-order chi connectivity index (χ1) is 9.66. The fourth-order valence-corrected chi connectivity index (χ4v) is 2.57. The van der Waals surface area contributed by atoms with E-state index in [0.717, 1.165) is 11.9 Å². The molecule has 0 unspecified atom stereocenters. The second kappa shape index (κ2) is 5.21. The van der Waals surface area contributed by atoms with Gasteiger partial charge in [0.2, 0.25) is 0 Å². The number of hydrogen-bond acceptors (Lipinski definition) is 5. The number of aromatic nitrogens is 2. The Labute approximate surface area is 122 Å². The molecular formula is C13H16N4O3S. The Morgan fingerprint density at radius 3 is 2.48 bits per heavy atom. The molecule has 1 heterocycles. The van der Waals surface area contributed by atoms with Crippen molar-refractivity contribution in [3.63, 3.8) is 0 Å². The van der Waals surface area contributed by atoms with Crippen molar-refractivity contribution in [3.8, 4) is 0 Å². The van der Waals surface area contributed by atoms with Crippen molar-refractivity contribution in [2.75, 3.05) is 17.3 Å². The minimum Gasteiger partial charge on any atom is -0.399 e. The molecule has 21 heavy (non-hydrogen) atoms. The first-order valence-electron chi connectivity index (χ1n) is 6.09. The standard InChI is InChI=1S/C13H16N4O3S/c1-8-4-12(17(2)16-8)15-13(18)9-5-10(14)7-11(6-9)21(3,19)20/h4-7H,14H2,1-3H3,(H,15,18). The lowest BCUT2D eigenvalue weighted by Gasteiger charge is -2.08. The molecule has 2 rings (SSSR count). The monoisotopic (exact) mass is 308 g/mol. The molecule has 112 valence electrons. The van der Waals surface area contributed by atoms with Crippen LogP contribution in [0, 0.1) is 6.92 Å². The summed E-state index contributed by atoms with van der Waals surface area (Å²) in [5.74, 6) is 0.0658. The third-order valence-corrected chi connectivity index (χ3v) is 3.95. The second-order valence-electron chi connectivity index (χ2n) is 4.81. The number of sulfone groups is 1. The molecule has 0 atom stereocenters. The van der Waals surface area contributed by atoms with Gasteiger partial charge < -0.3 is 11.1 Å². The summed E-state index contributed by atoms with van der Waals surface area (Å²) in [6.45, 7) is 1.80. The van der Waals surface area contributed by atoms with Gasteiger partial charge in [0.15, 0.2) is 9.84 Å². The molecule has 1 aromatic heterocycles. The largest absolute Gasteiger partial charge is 0.399 e. The van der Waals surface area contributed by atoms with E-state index in [-0.39, 0.29) is 16.1 Å². The summed E-state index contributed by atoms with van der Waals surface area (Å²) in [6.07, 6.45) is 1.06. The molecule has 0 aliphatic heterocycles. The molecule has 0 saturated carbocycles. The van der Waals surface area contributed by atoms with Crippen LogP contribution in [0.4, 0.5) is 11.5 Å². The van der Waals surface area contributed by atoms with Crippen molar-refractivity contribution in [2.24, 2.45) is 7.05 Å². The zero-order chi connectivity index (χ0) is 15.8. The first-order valence-corrected chi connectivity index (χ1v) is 7.98. The van der Waals surface area contributed by atoms with Gasteiger partial charge in [0, 0.05) is 30.6 Å². The van der Waals surface area contributed by atoms with Crippen LogP contribution in [-0.2, 0) is 16.9 Å². The van der Waals surface area contributed by atoms with Crippen molar-refractivity contribution >= 4 is 27.2 Å². The van der Waals surface area contributed by atoms with Gasteiger partial charge in [-0.3, -0.25) is 9.48 Å². The average Bonchev–Trinajstić information content (AvgIpc) is 2.66. The minimum atomic E-state index is -3.44. The normalized spacial score (nSPS) is 11.4. The van der Waals surface area contributed by atoms with Gasteiger partial charge in [0.25, 0.3) is 5.91 Å². The van der Waals surface area contributed by atoms with E-state index in [1.807, 2.05) is 0 Å². The number of nitrogen functional groups attached to an aromatic ring is 1. The highest BCUT2D eigenvalue weighted by Crippen LogP contribution is 2.18. The van der Waals surface area contributed by atoms with Gasteiger partial charge >= 0.3 is 0 Å². The van der Waals surface area contributed by atoms with E-state index >= 15 is 0 Å². The van der Waals surface area contributed by atoms with E-state index < -0.39 is 15.7 Å². The van der Waals surface area contributed by atoms with Crippen molar-refractivity contribution in [3.05, 3.63) is 35.5 Å². The predicted octanol–water partition coefficient (Wildman–Crippen LogP) is 0.967. The molecule has 7 nitrogen and oxygen atoms in total. The van der Waals surface area contributed by atoms with Gasteiger partial charge in [0.05, 0.1) is 10.6 Å². The number of benzene rings is 1. The SMILES string of the molecule is Cc1cc(NC(=O)c2cc(N)cc(S(C)(=O)=O)c2)n(C)n1. The van der Waals surface area contributed by atoms with Crippen LogP contribution in [0.2, 0.25) is 0 Å². The number of carbonyl (C=O) groups excluding carboxylic acids is 1. The number of amides is 1. The van der Waals surface area contributed by atoms with Crippen molar-refractivity contribution in [1.29, 1.82) is 0 Å². The molecule has 0 saturated heterocycles. The van der Waals surface area contributed by atoms with Gasteiger partial charge in [-0.1, -0.05) is 0 Å². The molecule has 3 N–H and O–H groups in total. The van der Waals surface area contributed by atoms with Crippen molar-refractivity contribution in [1.82, 2.24) is 9.78 Å². The van der Waals surface area contributed by atoms with Crippen LogP contribution >= 0.6 is 0 Å². The van der Waals surface area contributed by atoms with Crippen LogP contribution in [0.15, 0.2) is 29.2 Å². The topological polar surface area (TPSA) is 107 Å². The van der Waals surface area contributed by atoms with Crippen LogP contribution in [0.25, 0.3) is 0 Å². The third kappa shape index (κ3) is 3.40. The Hall–Kier alpha value is -2.35. The summed E-state index contributed by atoms with van der Waals surface area (Å²) in [4.78, 5) is 12.2. The highest BCUT2D eigenvalue weighted by Gasteiger charge is 2.15. The number of anilines is 2. The lowest BCUT2D eigenvalue weighted by Crippen LogP contribution is -2.15. The number of rotatable bonds is 3. The van der Waals surface area contributed by atoms with E-state index in [2.05, 4.69) is 10.4 Å². The van der Waals surface area contributed by atoms with Crippen LogP contribution in [-0.4, -0.2) is 30.4 Å². The summed E-state index contributed by atoms with van der Waals surface area (Å²) < 4.78 is 24.7. The maximum atomic E-state index is 12.2. The van der Waals surface area contributed by atoms with Gasteiger partial charge in [-0.2, -0.15) is 5.10 Å². The minimum absolute atomic E-state index is 0.00818. The molecule has 8 heteroatoms. The summed E-state index contributed by atoms with van der Waals surface area (Å²) in [6, 6.07) is 5.75. The number of nitrogens with two attached hydrogens (primary N) is 1. The summed E-state index contributed by atoms with van der Waals surface area (Å²) in [5, 5.41) is 6.78. The van der Waals surface area contributed by atoms with Crippen LogP contribution in [0.1, 0.15) is 16.1 Å². The Balaban J connectivity index is 2.36. The zero-order valence-electron chi connectivity index (χ0n) is 11.9. The fourth-order valence-electron chi connectivity index (χ4n) is 1.88. The van der Waals surface area contributed by atoms with Crippen LogP contribution in [0.3, 0.4) is 0 Å². The van der Waals surface area contributed by atoms with Gasteiger partial charge in [0.1, 0.15) is 5.82 Å².